The highest BCUT2D eigenvalue weighted by molar-refractivity contribution is 6.32. The second-order valence-corrected chi connectivity index (χ2v) is 8.40. The minimum atomic E-state index is 0.222. The summed E-state index contributed by atoms with van der Waals surface area (Å²) in [5.41, 5.74) is 0.814. The number of ether oxygens (including phenoxy) is 1. The minimum absolute atomic E-state index is 0.222. The summed E-state index contributed by atoms with van der Waals surface area (Å²) in [4.78, 5) is 18.6. The highest BCUT2D eigenvalue weighted by atomic mass is 35.5. The third kappa shape index (κ3) is 6.41. The number of aliphatic hydroxyl groups is 1. The zero-order chi connectivity index (χ0) is 22.2. The van der Waals surface area contributed by atoms with Crippen molar-refractivity contribution < 1.29 is 9.84 Å². The number of hydrogen-bond acceptors (Lipinski definition) is 8. The number of unbranched alkanes of at least 4 members (excludes halogenated alkanes) is 2. The van der Waals surface area contributed by atoms with Crippen LogP contribution in [0.25, 0.3) is 11.4 Å². The van der Waals surface area contributed by atoms with Crippen LogP contribution in [0.1, 0.15) is 32.1 Å². The van der Waals surface area contributed by atoms with Gasteiger partial charge in [-0.1, -0.05) is 11.6 Å². The molecule has 1 saturated heterocycles. The minimum Gasteiger partial charge on any atom is -0.495 e. The van der Waals surface area contributed by atoms with E-state index in [-0.39, 0.29) is 6.61 Å². The molecule has 1 aromatic heterocycles. The first-order valence-corrected chi connectivity index (χ1v) is 11.3. The van der Waals surface area contributed by atoms with E-state index in [4.69, 9.17) is 31.4 Å². The van der Waals surface area contributed by atoms with Gasteiger partial charge in [0, 0.05) is 31.8 Å². The van der Waals surface area contributed by atoms with Crippen LogP contribution in [0.3, 0.4) is 0 Å². The molecule has 1 aromatic carbocycles. The van der Waals surface area contributed by atoms with Gasteiger partial charge in [0.15, 0.2) is 5.82 Å². The Kier molecular flexibility index (Phi) is 8.69. The molecule has 0 radical (unpaired) electrons. The molecule has 2 N–H and O–H groups in total. The van der Waals surface area contributed by atoms with Crippen LogP contribution in [0.15, 0.2) is 18.2 Å². The maximum atomic E-state index is 8.96. The molecule has 8 nitrogen and oxygen atoms in total. The van der Waals surface area contributed by atoms with Gasteiger partial charge in [-0.2, -0.15) is 15.0 Å². The Labute approximate surface area is 189 Å². The summed E-state index contributed by atoms with van der Waals surface area (Å²) in [7, 11) is 5.81. The summed E-state index contributed by atoms with van der Waals surface area (Å²) in [5, 5.41) is 12.8. The number of rotatable bonds is 10. The number of anilines is 2. The zero-order valence-corrected chi connectivity index (χ0v) is 19.4. The summed E-state index contributed by atoms with van der Waals surface area (Å²) >= 11 is 6.34. The van der Waals surface area contributed by atoms with Crippen LogP contribution in [0, 0.1) is 0 Å². The summed E-state index contributed by atoms with van der Waals surface area (Å²) in [5.74, 6) is 2.40. The predicted octanol–water partition coefficient (Wildman–Crippen LogP) is 3.31. The molecular weight excluding hydrogens is 416 g/mol. The fraction of sp³-hybridized carbons (Fsp3) is 0.591. The Bertz CT molecular complexity index is 845. The quantitative estimate of drug-likeness (QED) is 0.535. The third-order valence-corrected chi connectivity index (χ3v) is 6.00. The second-order valence-electron chi connectivity index (χ2n) is 7.99. The van der Waals surface area contributed by atoms with Gasteiger partial charge in [0.2, 0.25) is 11.9 Å². The number of halogens is 1. The molecule has 1 aliphatic heterocycles. The van der Waals surface area contributed by atoms with Crippen molar-refractivity contribution in [1.29, 1.82) is 0 Å². The van der Waals surface area contributed by atoms with E-state index in [1.807, 2.05) is 18.2 Å². The molecule has 0 unspecified atom stereocenters. The van der Waals surface area contributed by atoms with E-state index in [0.29, 0.717) is 34.5 Å². The average Bonchev–Trinajstić information content (AvgIpc) is 2.78. The standard InChI is InChI=1S/C22H33ClN6O2/c1-28-12-9-17(10-13-28)29(2)22-26-20(16-7-8-19(31-3)18(23)15-16)25-21(27-22)24-11-5-4-6-14-30/h7-8,15,17,30H,4-6,9-14H2,1-3H3,(H,24,25,26,27). The lowest BCUT2D eigenvalue weighted by Crippen LogP contribution is -2.42. The Morgan fingerprint density at radius 1 is 1.19 bits per heavy atom. The number of likely N-dealkylation sites (tertiary alicyclic amines) is 1. The number of methoxy groups -OCH3 is 1. The number of piperidine rings is 1. The van der Waals surface area contributed by atoms with Crippen LogP contribution in [-0.4, -0.2) is 78.4 Å². The van der Waals surface area contributed by atoms with Crippen LogP contribution in [0.2, 0.25) is 5.02 Å². The molecule has 9 heteroatoms. The van der Waals surface area contributed by atoms with Crippen LogP contribution >= 0.6 is 11.6 Å². The second kappa shape index (κ2) is 11.5. The van der Waals surface area contributed by atoms with Crippen molar-refractivity contribution in [1.82, 2.24) is 19.9 Å². The third-order valence-electron chi connectivity index (χ3n) is 5.70. The first-order chi connectivity index (χ1) is 15.0. The van der Waals surface area contributed by atoms with Crippen molar-refractivity contribution in [2.75, 3.05) is 57.7 Å². The molecule has 2 heterocycles. The predicted molar refractivity (Wildman–Crippen MR) is 125 cm³/mol. The normalized spacial score (nSPS) is 15.1. The van der Waals surface area contributed by atoms with Crippen molar-refractivity contribution in [2.45, 2.75) is 38.1 Å². The van der Waals surface area contributed by atoms with E-state index in [0.717, 1.165) is 57.3 Å². The molecule has 0 amide bonds. The molecule has 1 fully saturated rings. The van der Waals surface area contributed by atoms with Gasteiger partial charge >= 0.3 is 0 Å². The van der Waals surface area contributed by atoms with Crippen LogP contribution in [0.5, 0.6) is 5.75 Å². The molecule has 1 aliphatic rings. The van der Waals surface area contributed by atoms with Gasteiger partial charge in [0.1, 0.15) is 5.75 Å². The van der Waals surface area contributed by atoms with Gasteiger partial charge in [-0.25, -0.2) is 0 Å². The topological polar surface area (TPSA) is 86.6 Å². The van der Waals surface area contributed by atoms with Crippen LogP contribution < -0.4 is 15.0 Å². The Morgan fingerprint density at radius 3 is 2.65 bits per heavy atom. The average molecular weight is 449 g/mol. The first-order valence-electron chi connectivity index (χ1n) is 10.9. The van der Waals surface area contributed by atoms with Gasteiger partial charge in [-0.05, 0) is 70.4 Å². The van der Waals surface area contributed by atoms with Crippen LogP contribution in [-0.2, 0) is 0 Å². The van der Waals surface area contributed by atoms with Crippen molar-refractivity contribution >= 4 is 23.5 Å². The monoisotopic (exact) mass is 448 g/mol. The Hall–Kier alpha value is -2.16. The van der Waals surface area contributed by atoms with E-state index in [2.05, 4.69) is 34.2 Å². The molecule has 0 spiro atoms. The van der Waals surface area contributed by atoms with E-state index < -0.39 is 0 Å². The molecule has 170 valence electrons. The van der Waals surface area contributed by atoms with Crippen LogP contribution in [0.4, 0.5) is 11.9 Å². The summed E-state index contributed by atoms with van der Waals surface area (Å²) in [6.07, 6.45) is 4.85. The van der Waals surface area contributed by atoms with Crippen molar-refractivity contribution in [2.24, 2.45) is 0 Å². The molecule has 0 bridgehead atoms. The van der Waals surface area contributed by atoms with E-state index >= 15 is 0 Å². The number of nitrogens with zero attached hydrogens (tertiary/aromatic N) is 5. The van der Waals surface area contributed by atoms with Gasteiger partial charge in [0.05, 0.1) is 12.1 Å². The lowest BCUT2D eigenvalue weighted by molar-refractivity contribution is 0.252. The number of aromatic nitrogens is 3. The van der Waals surface area contributed by atoms with E-state index in [9.17, 15) is 0 Å². The lowest BCUT2D eigenvalue weighted by Gasteiger charge is -2.35. The highest BCUT2D eigenvalue weighted by Gasteiger charge is 2.23. The molecule has 0 saturated carbocycles. The summed E-state index contributed by atoms with van der Waals surface area (Å²) in [6, 6.07) is 5.94. The molecular formula is C22H33ClN6O2. The molecule has 0 atom stereocenters. The fourth-order valence-electron chi connectivity index (χ4n) is 3.70. The maximum Gasteiger partial charge on any atom is 0.230 e. The summed E-state index contributed by atoms with van der Waals surface area (Å²) < 4.78 is 5.27. The number of aliphatic hydroxyl groups excluding tert-OH is 1. The van der Waals surface area contributed by atoms with Gasteiger partial charge < -0.3 is 25.0 Å². The number of hydrogen-bond donors (Lipinski definition) is 2. The van der Waals surface area contributed by atoms with Gasteiger partial charge in [-0.15, -0.1) is 0 Å². The summed E-state index contributed by atoms with van der Waals surface area (Å²) in [6.45, 7) is 3.10. The molecule has 0 aliphatic carbocycles. The number of benzene rings is 1. The van der Waals surface area contributed by atoms with Gasteiger partial charge in [-0.3, -0.25) is 0 Å². The van der Waals surface area contributed by atoms with Gasteiger partial charge in [0.25, 0.3) is 0 Å². The fourth-order valence-corrected chi connectivity index (χ4v) is 3.95. The molecule has 31 heavy (non-hydrogen) atoms. The Morgan fingerprint density at radius 2 is 1.97 bits per heavy atom. The van der Waals surface area contributed by atoms with E-state index in [1.165, 1.54) is 0 Å². The first kappa shape index (κ1) is 23.5. The molecule has 2 aromatic rings. The SMILES string of the molecule is COc1ccc(-c2nc(NCCCCCO)nc(N(C)C3CCN(C)CC3)n2)cc1Cl. The highest BCUT2D eigenvalue weighted by Crippen LogP contribution is 2.30. The van der Waals surface area contributed by atoms with E-state index in [1.54, 1.807) is 7.11 Å². The van der Waals surface area contributed by atoms with Crippen molar-refractivity contribution in [3.05, 3.63) is 23.2 Å². The Balaban J connectivity index is 1.85. The smallest absolute Gasteiger partial charge is 0.230 e. The zero-order valence-electron chi connectivity index (χ0n) is 18.6. The number of nitrogens with one attached hydrogen (secondary N) is 1. The largest absolute Gasteiger partial charge is 0.495 e. The molecule has 3 rings (SSSR count). The lowest BCUT2D eigenvalue weighted by atomic mass is 10.0. The van der Waals surface area contributed by atoms with Crippen molar-refractivity contribution in [3.63, 3.8) is 0 Å². The maximum absolute atomic E-state index is 8.96. The van der Waals surface area contributed by atoms with Crippen molar-refractivity contribution in [3.8, 4) is 17.1 Å².